The molecule has 3 rings (SSSR count). The monoisotopic (exact) mass is 305 g/mol. The second-order valence-electron chi connectivity index (χ2n) is 4.89. The van der Waals surface area contributed by atoms with E-state index in [1.807, 2.05) is 6.07 Å². The average molecular weight is 306 g/mol. The third kappa shape index (κ3) is 3.17. The number of methoxy groups -OCH3 is 1. The van der Waals surface area contributed by atoms with Crippen LogP contribution in [0.25, 0.3) is 0 Å². The first kappa shape index (κ1) is 13.9. The Morgan fingerprint density at radius 3 is 2.67 bits per heavy atom. The third-order valence-corrected chi connectivity index (χ3v) is 3.60. The number of aromatic nitrogens is 2. The van der Waals surface area contributed by atoms with Crippen molar-refractivity contribution in [3.05, 3.63) is 35.1 Å². The number of halogens is 1. The van der Waals surface area contributed by atoms with E-state index in [4.69, 9.17) is 22.2 Å². The Morgan fingerprint density at radius 1 is 1.24 bits per heavy atom. The van der Waals surface area contributed by atoms with Crippen LogP contribution in [0.2, 0.25) is 5.02 Å². The molecule has 1 aromatic carbocycles. The number of nitrogens with one attached hydrogen (secondary N) is 2. The lowest BCUT2D eigenvalue weighted by Gasteiger charge is -2.11. The molecule has 1 heterocycles. The summed E-state index contributed by atoms with van der Waals surface area (Å²) in [7, 11) is 1.61. The van der Waals surface area contributed by atoms with E-state index in [9.17, 15) is 0 Å². The number of rotatable bonds is 5. The lowest BCUT2D eigenvalue weighted by molar-refractivity contribution is 0.415. The molecular weight excluding hydrogens is 290 g/mol. The zero-order valence-corrected chi connectivity index (χ0v) is 12.3. The summed E-state index contributed by atoms with van der Waals surface area (Å²) in [6.45, 7) is 0. The van der Waals surface area contributed by atoms with Crippen LogP contribution in [0.5, 0.6) is 5.75 Å². The molecule has 0 radical (unpaired) electrons. The molecule has 110 valence electrons. The Bertz CT molecular complexity index is 660. The van der Waals surface area contributed by atoms with Crippen molar-refractivity contribution in [1.29, 1.82) is 0 Å². The molecule has 2 aromatic rings. The molecule has 1 fully saturated rings. The summed E-state index contributed by atoms with van der Waals surface area (Å²) in [6.07, 6.45) is 2.24. The van der Waals surface area contributed by atoms with Crippen molar-refractivity contribution in [2.24, 2.45) is 5.84 Å². The maximum atomic E-state index is 6.19. The maximum Gasteiger partial charge on any atom is 0.145 e. The summed E-state index contributed by atoms with van der Waals surface area (Å²) in [5.74, 6) is 8.63. The highest BCUT2D eigenvalue weighted by Crippen LogP contribution is 2.39. The van der Waals surface area contributed by atoms with Crippen LogP contribution in [0, 0.1) is 0 Å². The van der Waals surface area contributed by atoms with Crippen LogP contribution in [0.15, 0.2) is 24.3 Å². The van der Waals surface area contributed by atoms with Crippen LogP contribution >= 0.6 is 11.6 Å². The number of hydrogen-bond donors (Lipinski definition) is 3. The SMILES string of the molecule is COc1ccc(Cl)c(Nc2cc(NN)nc(C3CC3)n2)c1. The first-order valence-corrected chi connectivity index (χ1v) is 7.03. The van der Waals surface area contributed by atoms with Crippen molar-refractivity contribution in [3.63, 3.8) is 0 Å². The number of hydrogen-bond acceptors (Lipinski definition) is 6. The predicted octanol–water partition coefficient (Wildman–Crippen LogP) is 3.05. The molecule has 21 heavy (non-hydrogen) atoms. The number of ether oxygens (including phenoxy) is 1. The molecule has 0 saturated heterocycles. The molecule has 0 unspecified atom stereocenters. The molecule has 1 aromatic heterocycles. The Kier molecular flexibility index (Phi) is 3.81. The van der Waals surface area contributed by atoms with E-state index in [-0.39, 0.29) is 0 Å². The molecular formula is C14H16ClN5O. The quantitative estimate of drug-likeness (QED) is 0.581. The summed E-state index contributed by atoms with van der Waals surface area (Å²) < 4.78 is 5.20. The summed E-state index contributed by atoms with van der Waals surface area (Å²) in [5.41, 5.74) is 3.29. The van der Waals surface area contributed by atoms with Crippen molar-refractivity contribution in [3.8, 4) is 5.75 Å². The zero-order chi connectivity index (χ0) is 14.8. The van der Waals surface area contributed by atoms with Crippen molar-refractivity contribution in [1.82, 2.24) is 9.97 Å². The third-order valence-electron chi connectivity index (χ3n) is 3.27. The van der Waals surface area contributed by atoms with E-state index in [1.54, 1.807) is 25.3 Å². The summed E-state index contributed by atoms with van der Waals surface area (Å²) in [5, 5.41) is 3.77. The minimum atomic E-state index is 0.430. The standard InChI is InChI=1S/C14H16ClN5O/c1-21-9-4-5-10(15)11(6-9)17-12-7-13(20-16)19-14(18-12)8-2-3-8/h4-8H,2-3,16H2,1H3,(H2,17,18,19,20). The Morgan fingerprint density at radius 2 is 2.00 bits per heavy atom. The first-order chi connectivity index (χ1) is 10.2. The van der Waals surface area contributed by atoms with Gasteiger partial charge < -0.3 is 15.5 Å². The van der Waals surface area contributed by atoms with Crippen LogP contribution in [-0.2, 0) is 0 Å². The summed E-state index contributed by atoms with van der Waals surface area (Å²) >= 11 is 6.19. The lowest BCUT2D eigenvalue weighted by atomic mass is 10.3. The predicted molar refractivity (Wildman–Crippen MR) is 83.1 cm³/mol. The van der Waals surface area contributed by atoms with Gasteiger partial charge in [0.2, 0.25) is 0 Å². The van der Waals surface area contributed by atoms with E-state index in [1.165, 1.54) is 0 Å². The lowest BCUT2D eigenvalue weighted by Crippen LogP contribution is -2.11. The molecule has 7 heteroatoms. The van der Waals surface area contributed by atoms with Gasteiger partial charge in [0, 0.05) is 18.1 Å². The van der Waals surface area contributed by atoms with Crippen molar-refractivity contribution < 1.29 is 4.74 Å². The van der Waals surface area contributed by atoms with Gasteiger partial charge in [0.1, 0.15) is 23.2 Å². The van der Waals surface area contributed by atoms with Gasteiger partial charge in [-0.15, -0.1) is 0 Å². The van der Waals surface area contributed by atoms with E-state index in [0.29, 0.717) is 22.6 Å². The van der Waals surface area contributed by atoms with E-state index in [2.05, 4.69) is 20.7 Å². The zero-order valence-electron chi connectivity index (χ0n) is 11.6. The van der Waals surface area contributed by atoms with Gasteiger partial charge in [-0.25, -0.2) is 15.8 Å². The summed E-state index contributed by atoms with van der Waals surface area (Å²) in [6, 6.07) is 7.13. The molecule has 1 aliphatic rings. The van der Waals surface area contributed by atoms with E-state index < -0.39 is 0 Å². The van der Waals surface area contributed by atoms with Crippen molar-refractivity contribution in [2.75, 3.05) is 17.9 Å². The largest absolute Gasteiger partial charge is 0.497 e. The van der Waals surface area contributed by atoms with Crippen LogP contribution in [0.1, 0.15) is 24.6 Å². The van der Waals surface area contributed by atoms with Crippen molar-refractivity contribution >= 4 is 28.9 Å². The van der Waals surface area contributed by atoms with Gasteiger partial charge in [-0.2, -0.15) is 0 Å². The minimum absolute atomic E-state index is 0.430. The van der Waals surface area contributed by atoms with Gasteiger partial charge in [-0.05, 0) is 25.0 Å². The Hall–Kier alpha value is -2.05. The fraction of sp³-hybridized carbons (Fsp3) is 0.286. The van der Waals surface area contributed by atoms with Crippen LogP contribution in [-0.4, -0.2) is 17.1 Å². The fourth-order valence-electron chi connectivity index (χ4n) is 1.99. The smallest absolute Gasteiger partial charge is 0.145 e. The van der Waals surface area contributed by atoms with Crippen LogP contribution in [0.4, 0.5) is 17.3 Å². The van der Waals surface area contributed by atoms with Gasteiger partial charge in [0.25, 0.3) is 0 Å². The molecule has 1 aliphatic carbocycles. The molecule has 0 bridgehead atoms. The first-order valence-electron chi connectivity index (χ1n) is 6.66. The fourth-order valence-corrected chi connectivity index (χ4v) is 2.16. The van der Waals surface area contributed by atoms with Crippen molar-refractivity contribution in [2.45, 2.75) is 18.8 Å². The van der Waals surface area contributed by atoms with Gasteiger partial charge in [0.15, 0.2) is 0 Å². The average Bonchev–Trinajstić information content (AvgIpc) is 3.34. The van der Waals surface area contributed by atoms with E-state index in [0.717, 1.165) is 30.1 Å². The highest BCUT2D eigenvalue weighted by molar-refractivity contribution is 6.33. The molecule has 6 nitrogen and oxygen atoms in total. The Balaban J connectivity index is 1.91. The topological polar surface area (TPSA) is 85.1 Å². The maximum absolute atomic E-state index is 6.19. The molecule has 0 amide bonds. The number of nitrogens with two attached hydrogens (primary N) is 1. The van der Waals surface area contributed by atoms with Gasteiger partial charge in [0.05, 0.1) is 17.8 Å². The summed E-state index contributed by atoms with van der Waals surface area (Å²) in [4.78, 5) is 8.88. The van der Waals surface area contributed by atoms with Gasteiger partial charge >= 0.3 is 0 Å². The second kappa shape index (κ2) is 5.75. The number of nitrogens with zero attached hydrogens (tertiary/aromatic N) is 2. The number of anilines is 3. The molecule has 4 N–H and O–H groups in total. The highest BCUT2D eigenvalue weighted by Gasteiger charge is 2.27. The van der Waals surface area contributed by atoms with Gasteiger partial charge in [-0.3, -0.25) is 0 Å². The molecule has 1 saturated carbocycles. The number of nitrogen functional groups attached to an aromatic ring is 1. The van der Waals surface area contributed by atoms with E-state index >= 15 is 0 Å². The highest BCUT2D eigenvalue weighted by atomic mass is 35.5. The molecule has 0 atom stereocenters. The minimum Gasteiger partial charge on any atom is -0.497 e. The van der Waals surface area contributed by atoms with Crippen LogP contribution in [0.3, 0.4) is 0 Å². The Labute approximate surface area is 127 Å². The number of hydrazine groups is 1. The second-order valence-corrected chi connectivity index (χ2v) is 5.29. The molecule has 0 spiro atoms. The normalized spacial score (nSPS) is 13.9. The molecule has 0 aliphatic heterocycles. The van der Waals surface area contributed by atoms with Crippen LogP contribution < -0.4 is 21.3 Å². The number of benzene rings is 1. The van der Waals surface area contributed by atoms with Gasteiger partial charge in [-0.1, -0.05) is 11.6 Å².